The summed E-state index contributed by atoms with van der Waals surface area (Å²) in [6.45, 7) is -0.0425. The molecule has 8 heteroatoms. The highest BCUT2D eigenvalue weighted by molar-refractivity contribution is 7.94. The number of anilines is 1. The first-order valence-electron chi connectivity index (χ1n) is 7.51. The maximum absolute atomic E-state index is 12.5. The molecule has 0 unspecified atom stereocenters. The average Bonchev–Trinajstić information content (AvgIpc) is 3.20. The molecule has 1 aliphatic carbocycles. The standard InChI is InChI=1S/C16H18N2O4S2/c1-18(24(20,21)16-3-2-10-23-16)13-6-8-14(9-7-13)22-11-15(19)17-12-4-5-12/h2-3,6-10,12H,4-5,11H2,1H3,(H,17,19). The lowest BCUT2D eigenvalue weighted by Crippen LogP contribution is -2.30. The summed E-state index contributed by atoms with van der Waals surface area (Å²) in [6.07, 6.45) is 2.07. The van der Waals surface area contributed by atoms with Crippen LogP contribution in [0.3, 0.4) is 0 Å². The summed E-state index contributed by atoms with van der Waals surface area (Å²) in [5.41, 5.74) is 0.526. The molecule has 1 amide bonds. The first-order chi connectivity index (χ1) is 11.5. The minimum absolute atomic E-state index is 0.0425. The van der Waals surface area contributed by atoms with E-state index in [1.165, 1.54) is 22.7 Å². The van der Waals surface area contributed by atoms with Gasteiger partial charge in [-0.1, -0.05) is 6.07 Å². The molecule has 1 aliphatic rings. The summed E-state index contributed by atoms with van der Waals surface area (Å²) in [6, 6.07) is 10.2. The minimum Gasteiger partial charge on any atom is -0.484 e. The fraction of sp³-hybridized carbons (Fsp3) is 0.312. The van der Waals surface area contributed by atoms with Crippen molar-refractivity contribution in [1.82, 2.24) is 5.32 Å². The molecular weight excluding hydrogens is 348 g/mol. The van der Waals surface area contributed by atoms with Gasteiger partial charge >= 0.3 is 0 Å². The number of nitrogens with one attached hydrogen (secondary N) is 1. The molecule has 2 aromatic rings. The van der Waals surface area contributed by atoms with Crippen LogP contribution in [0.5, 0.6) is 5.75 Å². The lowest BCUT2D eigenvalue weighted by Gasteiger charge is -2.18. The number of ether oxygens (including phenoxy) is 1. The number of carbonyl (C=O) groups is 1. The third-order valence-electron chi connectivity index (χ3n) is 3.62. The maximum atomic E-state index is 12.5. The van der Waals surface area contributed by atoms with Gasteiger partial charge in [0.15, 0.2) is 6.61 Å². The van der Waals surface area contributed by atoms with E-state index in [1.807, 2.05) is 0 Å². The summed E-state index contributed by atoms with van der Waals surface area (Å²) in [7, 11) is -2.04. The van der Waals surface area contributed by atoms with E-state index in [0.29, 0.717) is 21.7 Å². The van der Waals surface area contributed by atoms with Gasteiger partial charge in [0.05, 0.1) is 5.69 Å². The molecule has 128 valence electrons. The first-order valence-corrected chi connectivity index (χ1v) is 9.83. The van der Waals surface area contributed by atoms with E-state index in [9.17, 15) is 13.2 Å². The Morgan fingerprint density at radius 1 is 1.29 bits per heavy atom. The second-order valence-electron chi connectivity index (χ2n) is 5.53. The van der Waals surface area contributed by atoms with E-state index in [-0.39, 0.29) is 12.5 Å². The molecule has 0 bridgehead atoms. The Balaban J connectivity index is 1.62. The fourth-order valence-electron chi connectivity index (χ4n) is 2.08. The summed E-state index contributed by atoms with van der Waals surface area (Å²) in [4.78, 5) is 11.6. The molecule has 1 N–H and O–H groups in total. The Labute approximate surface area is 145 Å². The van der Waals surface area contributed by atoms with Crippen molar-refractivity contribution < 1.29 is 17.9 Å². The van der Waals surface area contributed by atoms with E-state index in [1.54, 1.807) is 41.8 Å². The van der Waals surface area contributed by atoms with Gasteiger partial charge in [0.2, 0.25) is 0 Å². The van der Waals surface area contributed by atoms with E-state index in [4.69, 9.17) is 4.74 Å². The third-order valence-corrected chi connectivity index (χ3v) is 6.78. The van der Waals surface area contributed by atoms with Crippen LogP contribution in [0.25, 0.3) is 0 Å². The second-order valence-corrected chi connectivity index (χ2v) is 8.67. The smallest absolute Gasteiger partial charge is 0.273 e. The molecule has 1 aromatic carbocycles. The highest BCUT2D eigenvalue weighted by atomic mass is 32.2. The van der Waals surface area contributed by atoms with Gasteiger partial charge in [-0.05, 0) is 48.6 Å². The molecule has 1 aromatic heterocycles. The molecular formula is C16H18N2O4S2. The van der Waals surface area contributed by atoms with Gasteiger partial charge in [0, 0.05) is 13.1 Å². The Kier molecular flexibility index (Phi) is 4.77. The van der Waals surface area contributed by atoms with Crippen molar-refractivity contribution in [2.45, 2.75) is 23.1 Å². The van der Waals surface area contributed by atoms with E-state index >= 15 is 0 Å². The number of benzene rings is 1. The van der Waals surface area contributed by atoms with Crippen molar-refractivity contribution in [3.8, 4) is 5.75 Å². The maximum Gasteiger partial charge on any atom is 0.273 e. The predicted molar refractivity (Wildman–Crippen MR) is 93.0 cm³/mol. The number of sulfonamides is 1. The molecule has 0 atom stereocenters. The van der Waals surface area contributed by atoms with Crippen LogP contribution in [0.1, 0.15) is 12.8 Å². The zero-order valence-electron chi connectivity index (χ0n) is 13.1. The fourth-order valence-corrected chi connectivity index (χ4v) is 4.44. The zero-order chi connectivity index (χ0) is 17.2. The lowest BCUT2D eigenvalue weighted by molar-refractivity contribution is -0.123. The van der Waals surface area contributed by atoms with E-state index < -0.39 is 10.0 Å². The number of hydrogen-bond acceptors (Lipinski definition) is 5. The Morgan fingerprint density at radius 2 is 2.00 bits per heavy atom. The monoisotopic (exact) mass is 366 g/mol. The van der Waals surface area contributed by atoms with Crippen molar-refractivity contribution in [1.29, 1.82) is 0 Å². The SMILES string of the molecule is CN(c1ccc(OCC(=O)NC2CC2)cc1)S(=O)(=O)c1cccs1. The summed E-state index contributed by atoms with van der Waals surface area (Å²) in [5, 5.41) is 4.57. The third kappa shape index (κ3) is 3.88. The predicted octanol–water partition coefficient (Wildman–Crippen LogP) is 2.23. The van der Waals surface area contributed by atoms with Crippen LogP contribution >= 0.6 is 11.3 Å². The second kappa shape index (κ2) is 6.82. The molecule has 1 heterocycles. The van der Waals surface area contributed by atoms with Crippen LogP contribution in [0.4, 0.5) is 5.69 Å². The summed E-state index contributed by atoms with van der Waals surface area (Å²) in [5.74, 6) is 0.380. The van der Waals surface area contributed by atoms with Crippen molar-refractivity contribution >= 4 is 33.0 Å². The van der Waals surface area contributed by atoms with Crippen molar-refractivity contribution in [3.05, 3.63) is 41.8 Å². The topological polar surface area (TPSA) is 75.7 Å². The number of hydrogen-bond donors (Lipinski definition) is 1. The molecule has 0 radical (unpaired) electrons. The normalized spacial score (nSPS) is 14.2. The molecule has 0 aliphatic heterocycles. The van der Waals surface area contributed by atoms with E-state index in [0.717, 1.165) is 12.8 Å². The molecule has 24 heavy (non-hydrogen) atoms. The van der Waals surface area contributed by atoms with Gasteiger partial charge in [0.1, 0.15) is 9.96 Å². The molecule has 0 spiro atoms. The van der Waals surface area contributed by atoms with Crippen LogP contribution in [0.2, 0.25) is 0 Å². The van der Waals surface area contributed by atoms with Crippen molar-refractivity contribution in [2.24, 2.45) is 0 Å². The molecule has 3 rings (SSSR count). The van der Waals surface area contributed by atoms with Crippen LogP contribution in [0, 0.1) is 0 Å². The number of amides is 1. The highest BCUT2D eigenvalue weighted by Gasteiger charge is 2.24. The van der Waals surface area contributed by atoms with Crippen molar-refractivity contribution in [2.75, 3.05) is 18.0 Å². The first kappa shape index (κ1) is 16.8. The molecule has 0 saturated heterocycles. The van der Waals surface area contributed by atoms with E-state index in [2.05, 4.69) is 5.32 Å². The van der Waals surface area contributed by atoms with Gasteiger partial charge < -0.3 is 10.1 Å². The Morgan fingerprint density at radius 3 is 2.58 bits per heavy atom. The van der Waals surface area contributed by atoms with Crippen LogP contribution in [-0.2, 0) is 14.8 Å². The summed E-state index contributed by atoms with van der Waals surface area (Å²) >= 11 is 1.18. The number of thiophene rings is 1. The molecule has 1 fully saturated rings. The minimum atomic E-state index is -3.55. The Bertz CT molecular complexity index is 797. The summed E-state index contributed by atoms with van der Waals surface area (Å²) < 4.78 is 31.8. The number of carbonyl (C=O) groups excluding carboxylic acids is 1. The van der Waals surface area contributed by atoms with Gasteiger partial charge in [-0.2, -0.15) is 0 Å². The number of nitrogens with zero attached hydrogens (tertiary/aromatic N) is 1. The van der Waals surface area contributed by atoms with Crippen LogP contribution < -0.4 is 14.4 Å². The van der Waals surface area contributed by atoms with Crippen LogP contribution in [-0.4, -0.2) is 34.0 Å². The van der Waals surface area contributed by atoms with Crippen LogP contribution in [0.15, 0.2) is 46.0 Å². The molecule has 6 nitrogen and oxygen atoms in total. The number of rotatable bonds is 7. The largest absolute Gasteiger partial charge is 0.484 e. The lowest BCUT2D eigenvalue weighted by atomic mass is 10.3. The van der Waals surface area contributed by atoms with Crippen molar-refractivity contribution in [3.63, 3.8) is 0 Å². The molecule has 1 saturated carbocycles. The van der Waals surface area contributed by atoms with Gasteiger partial charge in [-0.15, -0.1) is 11.3 Å². The quantitative estimate of drug-likeness (QED) is 0.815. The van der Waals surface area contributed by atoms with Gasteiger partial charge in [-0.3, -0.25) is 9.10 Å². The van der Waals surface area contributed by atoms with Gasteiger partial charge in [0.25, 0.3) is 15.9 Å². The average molecular weight is 366 g/mol. The zero-order valence-corrected chi connectivity index (χ0v) is 14.8. The van der Waals surface area contributed by atoms with Gasteiger partial charge in [-0.25, -0.2) is 8.42 Å². The highest BCUT2D eigenvalue weighted by Crippen LogP contribution is 2.26. The Hall–Kier alpha value is -2.06.